The van der Waals surface area contributed by atoms with E-state index in [9.17, 15) is 14.4 Å². The Morgan fingerprint density at radius 2 is 1.93 bits per heavy atom. The van der Waals surface area contributed by atoms with Crippen molar-refractivity contribution in [3.8, 4) is 0 Å². The molecule has 0 spiro atoms. The average Bonchev–Trinajstić information content (AvgIpc) is 3.11. The second kappa shape index (κ2) is 8.81. The fraction of sp³-hybridized carbons (Fsp3) is 0.350. The molecule has 0 atom stereocenters. The number of esters is 1. The van der Waals surface area contributed by atoms with E-state index in [2.05, 4.69) is 5.32 Å². The number of anilines is 1. The number of carbonyl (C=O) groups is 3. The monoisotopic (exact) mass is 388 g/mol. The van der Waals surface area contributed by atoms with Crippen molar-refractivity contribution < 1.29 is 19.1 Å². The van der Waals surface area contributed by atoms with Gasteiger partial charge in [0.05, 0.1) is 5.56 Å². The summed E-state index contributed by atoms with van der Waals surface area (Å²) in [5, 5.41) is 6.67. The molecule has 2 amide bonds. The van der Waals surface area contributed by atoms with Crippen LogP contribution >= 0.6 is 11.3 Å². The number of rotatable bonds is 6. The lowest BCUT2D eigenvalue weighted by Crippen LogP contribution is -2.30. The summed E-state index contributed by atoms with van der Waals surface area (Å²) in [6.07, 6.45) is 0. The number of amides is 2. The Balaban J connectivity index is 1.91. The molecule has 1 N–H and O–H groups in total. The molecule has 0 saturated heterocycles. The molecule has 0 aliphatic rings. The Kier molecular flexibility index (Phi) is 6.74. The molecule has 144 valence electrons. The third-order valence-corrected chi connectivity index (χ3v) is 4.52. The summed E-state index contributed by atoms with van der Waals surface area (Å²) in [5.41, 5.74) is 1.26. The van der Waals surface area contributed by atoms with E-state index in [-0.39, 0.29) is 24.0 Å². The molecule has 27 heavy (non-hydrogen) atoms. The molecule has 0 saturated carbocycles. The van der Waals surface area contributed by atoms with Gasteiger partial charge in [-0.1, -0.05) is 26.8 Å². The van der Waals surface area contributed by atoms with Crippen molar-refractivity contribution in [1.82, 2.24) is 4.90 Å². The van der Waals surface area contributed by atoms with Gasteiger partial charge in [-0.05, 0) is 40.6 Å². The van der Waals surface area contributed by atoms with Gasteiger partial charge in [-0.2, -0.15) is 11.3 Å². The normalized spacial score (nSPS) is 11.0. The summed E-state index contributed by atoms with van der Waals surface area (Å²) < 4.78 is 5.12. The first-order chi connectivity index (χ1) is 12.7. The van der Waals surface area contributed by atoms with Gasteiger partial charge in [-0.25, -0.2) is 4.79 Å². The van der Waals surface area contributed by atoms with Gasteiger partial charge in [-0.3, -0.25) is 9.59 Å². The quantitative estimate of drug-likeness (QED) is 0.768. The Hall–Kier alpha value is -2.67. The van der Waals surface area contributed by atoms with Crippen molar-refractivity contribution in [2.45, 2.75) is 27.3 Å². The molecule has 0 fully saturated rings. The number of likely N-dealkylation sites (N-methyl/N-ethyl adjacent to an activating group) is 1. The largest absolute Gasteiger partial charge is 0.452 e. The molecule has 7 heteroatoms. The van der Waals surface area contributed by atoms with Crippen molar-refractivity contribution >= 4 is 34.8 Å². The first-order valence-electron chi connectivity index (χ1n) is 8.50. The zero-order valence-electron chi connectivity index (χ0n) is 15.9. The topological polar surface area (TPSA) is 75.7 Å². The molecule has 1 aromatic carbocycles. The standard InChI is InChI=1S/C20H24N2O4S/c1-20(2,3)19(25)21-16-7-5-6-15(10-16)18(24)26-12-17(23)22(4)11-14-8-9-27-13-14/h5-10,13H,11-12H2,1-4H3,(H,21,25). The van der Waals surface area contributed by atoms with Crippen LogP contribution in [0.5, 0.6) is 0 Å². The van der Waals surface area contributed by atoms with Crippen molar-refractivity contribution in [3.63, 3.8) is 0 Å². The molecule has 6 nitrogen and oxygen atoms in total. The highest BCUT2D eigenvalue weighted by Crippen LogP contribution is 2.18. The van der Waals surface area contributed by atoms with Gasteiger partial charge < -0.3 is 15.0 Å². The van der Waals surface area contributed by atoms with Crippen LogP contribution in [0.2, 0.25) is 0 Å². The summed E-state index contributed by atoms with van der Waals surface area (Å²) in [6.45, 7) is 5.54. The lowest BCUT2D eigenvalue weighted by Gasteiger charge is -2.18. The van der Waals surface area contributed by atoms with Crippen LogP contribution in [-0.2, 0) is 20.9 Å². The number of hydrogen-bond donors (Lipinski definition) is 1. The van der Waals surface area contributed by atoms with Crippen LogP contribution in [0.25, 0.3) is 0 Å². The Bertz CT molecular complexity index is 810. The van der Waals surface area contributed by atoms with E-state index in [1.54, 1.807) is 57.4 Å². The average molecular weight is 388 g/mol. The molecular weight excluding hydrogens is 364 g/mol. The predicted molar refractivity (Wildman–Crippen MR) is 106 cm³/mol. The van der Waals surface area contributed by atoms with E-state index in [4.69, 9.17) is 4.74 Å². The molecule has 0 aliphatic heterocycles. The number of benzene rings is 1. The highest BCUT2D eigenvalue weighted by Gasteiger charge is 2.21. The number of thiophene rings is 1. The third kappa shape index (κ3) is 6.21. The summed E-state index contributed by atoms with van der Waals surface area (Å²) >= 11 is 1.56. The van der Waals surface area contributed by atoms with Crippen molar-refractivity contribution in [3.05, 3.63) is 52.2 Å². The first-order valence-corrected chi connectivity index (χ1v) is 9.45. The number of nitrogens with one attached hydrogen (secondary N) is 1. The summed E-state index contributed by atoms with van der Waals surface area (Å²) in [4.78, 5) is 37.9. The van der Waals surface area contributed by atoms with Gasteiger partial charge >= 0.3 is 5.97 Å². The molecule has 2 rings (SSSR count). The third-order valence-electron chi connectivity index (χ3n) is 3.79. The maximum Gasteiger partial charge on any atom is 0.338 e. The zero-order chi connectivity index (χ0) is 20.0. The SMILES string of the molecule is CN(Cc1ccsc1)C(=O)COC(=O)c1cccc(NC(=O)C(C)(C)C)c1. The molecule has 0 bridgehead atoms. The second-order valence-electron chi connectivity index (χ2n) is 7.24. The Morgan fingerprint density at radius 1 is 1.19 bits per heavy atom. The van der Waals surface area contributed by atoms with Crippen molar-refractivity contribution in [2.24, 2.45) is 5.41 Å². The minimum atomic E-state index is -0.612. The highest BCUT2D eigenvalue weighted by molar-refractivity contribution is 7.07. The van der Waals surface area contributed by atoms with Crippen molar-refractivity contribution in [1.29, 1.82) is 0 Å². The second-order valence-corrected chi connectivity index (χ2v) is 8.02. The van der Waals surface area contributed by atoms with E-state index >= 15 is 0 Å². The van der Waals surface area contributed by atoms with E-state index < -0.39 is 11.4 Å². The van der Waals surface area contributed by atoms with Crippen LogP contribution in [0.3, 0.4) is 0 Å². The number of ether oxygens (including phenoxy) is 1. The fourth-order valence-corrected chi connectivity index (χ4v) is 2.77. The maximum atomic E-state index is 12.2. The van der Waals surface area contributed by atoms with Crippen LogP contribution in [0.15, 0.2) is 41.1 Å². The smallest absolute Gasteiger partial charge is 0.338 e. The van der Waals surface area contributed by atoms with Gasteiger partial charge in [-0.15, -0.1) is 0 Å². The van der Waals surface area contributed by atoms with Crippen LogP contribution in [0.4, 0.5) is 5.69 Å². The van der Waals surface area contributed by atoms with Gasteiger partial charge in [0.25, 0.3) is 5.91 Å². The zero-order valence-corrected chi connectivity index (χ0v) is 16.8. The van der Waals surface area contributed by atoms with Gasteiger partial charge in [0.1, 0.15) is 0 Å². The van der Waals surface area contributed by atoms with Crippen LogP contribution in [0, 0.1) is 5.41 Å². The number of nitrogens with zero attached hydrogens (tertiary/aromatic N) is 1. The van der Waals surface area contributed by atoms with Gasteiger partial charge in [0, 0.05) is 24.7 Å². The minimum absolute atomic E-state index is 0.154. The molecule has 1 heterocycles. The molecule has 0 aliphatic carbocycles. The lowest BCUT2D eigenvalue weighted by atomic mass is 9.95. The summed E-state index contributed by atoms with van der Waals surface area (Å²) in [7, 11) is 1.66. The Morgan fingerprint density at radius 3 is 2.56 bits per heavy atom. The molecule has 0 radical (unpaired) electrons. The lowest BCUT2D eigenvalue weighted by molar-refractivity contribution is -0.133. The molecule has 2 aromatic rings. The predicted octanol–water partition coefficient (Wildman–Crippen LogP) is 3.55. The number of hydrogen-bond acceptors (Lipinski definition) is 5. The molecule has 1 aromatic heterocycles. The first kappa shape index (κ1) is 20.6. The highest BCUT2D eigenvalue weighted by atomic mass is 32.1. The van der Waals surface area contributed by atoms with E-state index in [0.29, 0.717) is 12.2 Å². The van der Waals surface area contributed by atoms with Gasteiger partial charge in [0.15, 0.2) is 6.61 Å². The number of carbonyl (C=O) groups excluding carboxylic acids is 3. The van der Waals surface area contributed by atoms with Crippen LogP contribution < -0.4 is 5.32 Å². The van der Waals surface area contributed by atoms with Crippen LogP contribution in [-0.4, -0.2) is 36.3 Å². The fourth-order valence-electron chi connectivity index (χ4n) is 2.11. The van der Waals surface area contributed by atoms with Crippen molar-refractivity contribution in [2.75, 3.05) is 19.0 Å². The summed E-state index contributed by atoms with van der Waals surface area (Å²) in [6, 6.07) is 8.40. The Labute approximate surface area is 163 Å². The van der Waals surface area contributed by atoms with Gasteiger partial charge in [0.2, 0.25) is 5.91 Å². The van der Waals surface area contributed by atoms with Crippen LogP contribution in [0.1, 0.15) is 36.7 Å². The van der Waals surface area contributed by atoms with E-state index in [0.717, 1.165) is 5.56 Å². The summed E-state index contributed by atoms with van der Waals surface area (Å²) in [5.74, 6) is -1.05. The minimum Gasteiger partial charge on any atom is -0.452 e. The van der Waals surface area contributed by atoms with E-state index in [1.807, 2.05) is 16.8 Å². The van der Waals surface area contributed by atoms with E-state index in [1.165, 1.54) is 11.0 Å². The maximum absolute atomic E-state index is 12.2. The molecular formula is C20H24N2O4S. The molecule has 0 unspecified atom stereocenters.